The summed E-state index contributed by atoms with van der Waals surface area (Å²) in [5, 5.41) is 17.5. The molecule has 1 saturated heterocycles. The zero-order valence-corrected chi connectivity index (χ0v) is 7.92. The number of carboxylic acid groups (broad SMARTS) is 1. The zero-order valence-electron chi connectivity index (χ0n) is 7.92. The van der Waals surface area contributed by atoms with Crippen LogP contribution in [0.25, 0.3) is 0 Å². The Morgan fingerprint density at radius 2 is 2.20 bits per heavy atom. The van der Waals surface area contributed by atoms with Crippen LogP contribution in [0.3, 0.4) is 0 Å². The van der Waals surface area contributed by atoms with Gasteiger partial charge in [0, 0.05) is 13.0 Å². The number of aliphatic hydroxyl groups excluding tert-OH is 1. The topological polar surface area (TPSA) is 121 Å². The molecule has 15 heavy (non-hydrogen) atoms. The number of carbonyl (C=O) groups is 3. The highest BCUT2D eigenvalue weighted by molar-refractivity contribution is 5.91. The fourth-order valence-electron chi connectivity index (χ4n) is 1.53. The van der Waals surface area contributed by atoms with Crippen molar-refractivity contribution in [2.75, 3.05) is 13.2 Å². The summed E-state index contributed by atoms with van der Waals surface area (Å²) in [5.41, 5.74) is 5.01. The molecule has 0 bridgehead atoms. The lowest BCUT2D eigenvalue weighted by atomic mass is 10.1. The third kappa shape index (κ3) is 2.24. The van der Waals surface area contributed by atoms with E-state index in [4.69, 9.17) is 15.9 Å². The van der Waals surface area contributed by atoms with E-state index in [0.717, 1.165) is 4.90 Å². The van der Waals surface area contributed by atoms with Crippen LogP contribution in [0.4, 0.5) is 0 Å². The molecule has 1 unspecified atom stereocenters. The van der Waals surface area contributed by atoms with Crippen LogP contribution in [0.1, 0.15) is 6.42 Å². The van der Waals surface area contributed by atoms with Crippen LogP contribution in [0.15, 0.2) is 0 Å². The highest BCUT2D eigenvalue weighted by Gasteiger charge is 2.39. The van der Waals surface area contributed by atoms with Crippen LogP contribution in [-0.2, 0) is 14.4 Å². The summed E-state index contributed by atoms with van der Waals surface area (Å²) in [4.78, 5) is 33.8. The van der Waals surface area contributed by atoms with Gasteiger partial charge in [-0.25, -0.2) is 4.79 Å². The number of nitrogens with zero attached hydrogens (tertiary/aromatic N) is 1. The Morgan fingerprint density at radius 3 is 2.53 bits per heavy atom. The molecule has 0 aromatic heterocycles. The van der Waals surface area contributed by atoms with Crippen molar-refractivity contribution >= 4 is 17.8 Å². The third-order valence-corrected chi connectivity index (χ3v) is 2.40. The average Bonchev–Trinajstić information content (AvgIpc) is 2.49. The van der Waals surface area contributed by atoms with Gasteiger partial charge in [-0.1, -0.05) is 0 Å². The molecule has 84 valence electrons. The Hall–Kier alpha value is -1.63. The Bertz CT molecular complexity index is 303. The molecule has 0 radical (unpaired) electrons. The summed E-state index contributed by atoms with van der Waals surface area (Å²) in [6.07, 6.45) is -0.0842. The minimum Gasteiger partial charge on any atom is -0.480 e. The van der Waals surface area contributed by atoms with E-state index in [1.165, 1.54) is 0 Å². The van der Waals surface area contributed by atoms with Crippen molar-refractivity contribution in [3.63, 3.8) is 0 Å². The van der Waals surface area contributed by atoms with Gasteiger partial charge in [-0.15, -0.1) is 0 Å². The molecule has 2 atom stereocenters. The summed E-state index contributed by atoms with van der Waals surface area (Å²) in [6, 6.07) is -1.29. The van der Waals surface area contributed by atoms with E-state index in [2.05, 4.69) is 0 Å². The van der Waals surface area contributed by atoms with E-state index in [0.29, 0.717) is 0 Å². The Balaban J connectivity index is 2.75. The van der Waals surface area contributed by atoms with Crippen molar-refractivity contribution < 1.29 is 24.6 Å². The Morgan fingerprint density at radius 1 is 1.60 bits per heavy atom. The normalized spacial score (nSPS) is 22.9. The number of primary amides is 1. The molecule has 0 aliphatic carbocycles. The number of amides is 2. The Labute approximate surface area is 85.5 Å². The van der Waals surface area contributed by atoms with E-state index in [1.54, 1.807) is 0 Å². The van der Waals surface area contributed by atoms with E-state index < -0.39 is 36.4 Å². The summed E-state index contributed by atoms with van der Waals surface area (Å²) < 4.78 is 0. The van der Waals surface area contributed by atoms with Gasteiger partial charge < -0.3 is 20.8 Å². The first-order valence-corrected chi connectivity index (χ1v) is 4.39. The maximum atomic E-state index is 11.3. The van der Waals surface area contributed by atoms with Crippen molar-refractivity contribution in [1.82, 2.24) is 4.90 Å². The van der Waals surface area contributed by atoms with Crippen LogP contribution < -0.4 is 5.73 Å². The molecule has 0 aromatic carbocycles. The summed E-state index contributed by atoms with van der Waals surface area (Å²) in [7, 11) is 0. The number of rotatable bonds is 4. The maximum Gasteiger partial charge on any atom is 0.328 e. The quantitative estimate of drug-likeness (QED) is 0.491. The van der Waals surface area contributed by atoms with Crippen molar-refractivity contribution in [3.05, 3.63) is 0 Å². The second kappa shape index (κ2) is 4.26. The van der Waals surface area contributed by atoms with Crippen LogP contribution in [0.2, 0.25) is 0 Å². The summed E-state index contributed by atoms with van der Waals surface area (Å²) in [5.74, 6) is -3.06. The van der Waals surface area contributed by atoms with Crippen molar-refractivity contribution in [2.24, 2.45) is 11.7 Å². The lowest BCUT2D eigenvalue weighted by Gasteiger charge is -2.22. The molecule has 1 aliphatic rings. The largest absolute Gasteiger partial charge is 0.480 e. The van der Waals surface area contributed by atoms with Gasteiger partial charge in [-0.3, -0.25) is 9.59 Å². The number of nitrogens with two attached hydrogens (primary N) is 1. The third-order valence-electron chi connectivity index (χ3n) is 2.40. The van der Waals surface area contributed by atoms with Crippen LogP contribution >= 0.6 is 0 Å². The fourth-order valence-corrected chi connectivity index (χ4v) is 1.53. The first-order valence-electron chi connectivity index (χ1n) is 4.39. The smallest absolute Gasteiger partial charge is 0.328 e. The van der Waals surface area contributed by atoms with Crippen molar-refractivity contribution in [3.8, 4) is 0 Å². The second-order valence-electron chi connectivity index (χ2n) is 3.39. The molecular formula is C8H12N2O5. The van der Waals surface area contributed by atoms with Gasteiger partial charge in [0.05, 0.1) is 12.5 Å². The molecule has 1 aliphatic heterocycles. The molecule has 7 heteroatoms. The van der Waals surface area contributed by atoms with Gasteiger partial charge in [0.1, 0.15) is 0 Å². The molecule has 1 rings (SSSR count). The number of hydrogen-bond acceptors (Lipinski definition) is 4. The van der Waals surface area contributed by atoms with Gasteiger partial charge in [0.15, 0.2) is 6.04 Å². The lowest BCUT2D eigenvalue weighted by Crippen LogP contribution is -2.45. The SMILES string of the molecule is NC(=O)C1CC(=O)N([C@@H](CO)C(=O)O)C1. The van der Waals surface area contributed by atoms with Gasteiger partial charge in [-0.05, 0) is 0 Å². The first kappa shape index (κ1) is 11.4. The van der Waals surface area contributed by atoms with Gasteiger partial charge in [0.2, 0.25) is 11.8 Å². The predicted octanol–water partition coefficient (Wildman–Crippen LogP) is -2.23. The number of carbonyl (C=O) groups excluding carboxylic acids is 2. The monoisotopic (exact) mass is 216 g/mol. The minimum absolute atomic E-state index is 0.0360. The predicted molar refractivity (Wildman–Crippen MR) is 47.5 cm³/mol. The molecule has 2 amide bonds. The standard InChI is InChI=1S/C8H12N2O5/c9-7(13)4-1-6(12)10(2-4)5(3-11)8(14)15/h4-5,11H,1-3H2,(H2,9,13)(H,14,15)/t4?,5-/m0/s1. The minimum atomic E-state index is -1.30. The molecule has 7 nitrogen and oxygen atoms in total. The van der Waals surface area contributed by atoms with Crippen LogP contribution in [-0.4, -0.2) is 52.1 Å². The first-order chi connectivity index (χ1) is 6.97. The average molecular weight is 216 g/mol. The number of hydrogen-bond donors (Lipinski definition) is 3. The van der Waals surface area contributed by atoms with Gasteiger partial charge >= 0.3 is 5.97 Å². The second-order valence-corrected chi connectivity index (χ2v) is 3.39. The van der Waals surface area contributed by atoms with Gasteiger partial charge in [-0.2, -0.15) is 0 Å². The van der Waals surface area contributed by atoms with Crippen molar-refractivity contribution in [2.45, 2.75) is 12.5 Å². The number of likely N-dealkylation sites (tertiary alicyclic amines) is 1. The molecule has 1 fully saturated rings. The van der Waals surface area contributed by atoms with E-state index in [9.17, 15) is 14.4 Å². The fraction of sp³-hybridized carbons (Fsp3) is 0.625. The zero-order chi connectivity index (χ0) is 11.6. The molecule has 0 spiro atoms. The summed E-state index contributed by atoms with van der Waals surface area (Å²) >= 11 is 0. The highest BCUT2D eigenvalue weighted by atomic mass is 16.4. The van der Waals surface area contributed by atoms with E-state index in [-0.39, 0.29) is 13.0 Å². The maximum absolute atomic E-state index is 11.3. The van der Waals surface area contributed by atoms with E-state index in [1.807, 2.05) is 0 Å². The molecule has 0 saturated carbocycles. The summed E-state index contributed by atoms with van der Waals surface area (Å²) in [6.45, 7) is -0.710. The van der Waals surface area contributed by atoms with Gasteiger partial charge in [0.25, 0.3) is 0 Å². The number of aliphatic hydroxyl groups is 1. The number of aliphatic carboxylic acids is 1. The van der Waals surface area contributed by atoms with Crippen molar-refractivity contribution in [1.29, 1.82) is 0 Å². The highest BCUT2D eigenvalue weighted by Crippen LogP contribution is 2.19. The molecular weight excluding hydrogens is 204 g/mol. The molecule has 4 N–H and O–H groups in total. The Kier molecular flexibility index (Phi) is 3.25. The molecule has 0 aromatic rings. The molecule has 1 heterocycles. The lowest BCUT2D eigenvalue weighted by molar-refractivity contribution is -0.150. The number of carboxylic acids is 1. The van der Waals surface area contributed by atoms with Crippen LogP contribution in [0, 0.1) is 5.92 Å². The van der Waals surface area contributed by atoms with Crippen LogP contribution in [0.5, 0.6) is 0 Å². The van der Waals surface area contributed by atoms with E-state index >= 15 is 0 Å².